The SMILES string of the molecule is CO[C@@H]1C[C@@H](c2nc(C)c(C)[nH]2)N(Cc2ncc(C(C)(C)C)o2)C1. The third-order valence-electron chi connectivity index (χ3n) is 4.79. The summed E-state index contributed by atoms with van der Waals surface area (Å²) in [6.07, 6.45) is 2.98. The Kier molecular flexibility index (Phi) is 4.53. The van der Waals surface area contributed by atoms with E-state index >= 15 is 0 Å². The second-order valence-corrected chi connectivity index (χ2v) is 7.74. The van der Waals surface area contributed by atoms with Crippen molar-refractivity contribution in [1.29, 1.82) is 0 Å². The van der Waals surface area contributed by atoms with E-state index in [9.17, 15) is 0 Å². The van der Waals surface area contributed by atoms with Gasteiger partial charge in [-0.05, 0) is 20.3 Å². The molecule has 1 fully saturated rings. The highest BCUT2D eigenvalue weighted by Gasteiger charge is 2.36. The van der Waals surface area contributed by atoms with Crippen molar-refractivity contribution in [3.8, 4) is 0 Å². The van der Waals surface area contributed by atoms with E-state index in [0.29, 0.717) is 6.54 Å². The monoisotopic (exact) mass is 332 g/mol. The van der Waals surface area contributed by atoms with Gasteiger partial charge in [0.05, 0.1) is 30.6 Å². The van der Waals surface area contributed by atoms with E-state index in [4.69, 9.17) is 14.1 Å². The fourth-order valence-electron chi connectivity index (χ4n) is 3.13. The molecule has 0 radical (unpaired) electrons. The number of aryl methyl sites for hydroxylation is 2. The van der Waals surface area contributed by atoms with Crippen LogP contribution in [-0.4, -0.2) is 39.6 Å². The standard InChI is InChI=1S/C18H28N4O2/c1-11-12(2)21-17(20-11)14-7-13(23-6)9-22(14)10-16-19-8-15(24-16)18(3,4)5/h8,13-14H,7,9-10H2,1-6H3,(H,20,21)/t13-,14+/m1/s1. The number of hydrogen-bond donors (Lipinski definition) is 1. The highest BCUT2D eigenvalue weighted by atomic mass is 16.5. The Labute approximate surface area is 143 Å². The molecule has 0 unspecified atom stereocenters. The first-order chi connectivity index (χ1) is 11.3. The van der Waals surface area contributed by atoms with Crippen LogP contribution in [0.4, 0.5) is 0 Å². The topological polar surface area (TPSA) is 67.2 Å². The maximum absolute atomic E-state index is 5.97. The third kappa shape index (κ3) is 3.39. The van der Waals surface area contributed by atoms with Crippen LogP contribution in [0.15, 0.2) is 10.6 Å². The lowest BCUT2D eigenvalue weighted by Gasteiger charge is -2.21. The first kappa shape index (κ1) is 17.2. The van der Waals surface area contributed by atoms with Crippen LogP contribution >= 0.6 is 0 Å². The molecule has 0 bridgehead atoms. The van der Waals surface area contributed by atoms with Gasteiger partial charge in [-0.15, -0.1) is 0 Å². The molecule has 1 N–H and O–H groups in total. The number of likely N-dealkylation sites (tertiary alicyclic amines) is 1. The lowest BCUT2D eigenvalue weighted by atomic mass is 9.94. The van der Waals surface area contributed by atoms with E-state index in [1.54, 1.807) is 7.11 Å². The summed E-state index contributed by atoms with van der Waals surface area (Å²) >= 11 is 0. The van der Waals surface area contributed by atoms with Crippen LogP contribution in [-0.2, 0) is 16.7 Å². The molecule has 24 heavy (non-hydrogen) atoms. The van der Waals surface area contributed by atoms with E-state index in [0.717, 1.165) is 41.8 Å². The largest absolute Gasteiger partial charge is 0.444 e. The smallest absolute Gasteiger partial charge is 0.208 e. The molecule has 3 heterocycles. The van der Waals surface area contributed by atoms with Crippen LogP contribution in [0, 0.1) is 13.8 Å². The van der Waals surface area contributed by atoms with Crippen molar-refractivity contribution in [3.05, 3.63) is 35.1 Å². The zero-order chi connectivity index (χ0) is 17.5. The van der Waals surface area contributed by atoms with Crippen LogP contribution < -0.4 is 0 Å². The minimum absolute atomic E-state index is 0.0278. The molecule has 0 amide bonds. The Morgan fingerprint density at radius 3 is 2.67 bits per heavy atom. The van der Waals surface area contributed by atoms with Gasteiger partial charge >= 0.3 is 0 Å². The van der Waals surface area contributed by atoms with E-state index in [1.165, 1.54) is 0 Å². The highest BCUT2D eigenvalue weighted by Crippen LogP contribution is 2.34. The fourth-order valence-corrected chi connectivity index (χ4v) is 3.13. The maximum atomic E-state index is 5.97. The van der Waals surface area contributed by atoms with Gasteiger partial charge in [-0.3, -0.25) is 4.90 Å². The minimum Gasteiger partial charge on any atom is -0.444 e. The molecule has 0 aliphatic carbocycles. The number of nitrogens with zero attached hydrogens (tertiary/aromatic N) is 3. The van der Waals surface area contributed by atoms with Crippen molar-refractivity contribution >= 4 is 0 Å². The molecule has 0 aromatic carbocycles. The van der Waals surface area contributed by atoms with Gasteiger partial charge in [-0.1, -0.05) is 20.8 Å². The van der Waals surface area contributed by atoms with Gasteiger partial charge in [0.1, 0.15) is 11.6 Å². The molecule has 2 aromatic heterocycles. The second kappa shape index (κ2) is 6.33. The third-order valence-corrected chi connectivity index (χ3v) is 4.79. The molecule has 1 saturated heterocycles. The Bertz CT molecular complexity index is 679. The number of rotatable bonds is 4. The molecule has 6 nitrogen and oxygen atoms in total. The van der Waals surface area contributed by atoms with Gasteiger partial charge in [-0.25, -0.2) is 9.97 Å². The Morgan fingerprint density at radius 2 is 2.12 bits per heavy atom. The minimum atomic E-state index is -0.0278. The molecule has 0 spiro atoms. The van der Waals surface area contributed by atoms with Gasteiger partial charge in [0.2, 0.25) is 5.89 Å². The summed E-state index contributed by atoms with van der Waals surface area (Å²) in [6, 6.07) is 0.201. The van der Waals surface area contributed by atoms with Crippen molar-refractivity contribution in [2.24, 2.45) is 0 Å². The van der Waals surface area contributed by atoms with Crippen molar-refractivity contribution in [3.63, 3.8) is 0 Å². The Balaban J connectivity index is 1.80. The van der Waals surface area contributed by atoms with E-state index in [1.807, 2.05) is 13.1 Å². The number of oxazole rings is 1. The number of ether oxygens (including phenoxy) is 1. The number of imidazole rings is 1. The average Bonchev–Trinajstić information content (AvgIpc) is 3.19. The zero-order valence-corrected chi connectivity index (χ0v) is 15.5. The molecule has 1 aliphatic heterocycles. The summed E-state index contributed by atoms with van der Waals surface area (Å²) in [7, 11) is 1.77. The van der Waals surface area contributed by atoms with Crippen molar-refractivity contribution in [2.75, 3.05) is 13.7 Å². The molecule has 0 saturated carbocycles. The summed E-state index contributed by atoms with van der Waals surface area (Å²) < 4.78 is 11.6. The lowest BCUT2D eigenvalue weighted by molar-refractivity contribution is 0.105. The molecule has 132 valence electrons. The lowest BCUT2D eigenvalue weighted by Crippen LogP contribution is -2.25. The molecular weight excluding hydrogens is 304 g/mol. The van der Waals surface area contributed by atoms with Crippen LogP contribution in [0.2, 0.25) is 0 Å². The summed E-state index contributed by atoms with van der Waals surface area (Å²) in [5.74, 6) is 2.68. The summed E-state index contributed by atoms with van der Waals surface area (Å²) in [6.45, 7) is 12.0. The normalized spacial score (nSPS) is 22.4. The highest BCUT2D eigenvalue weighted by molar-refractivity contribution is 5.15. The number of methoxy groups -OCH3 is 1. The first-order valence-electron chi connectivity index (χ1n) is 8.53. The molecule has 2 atom stereocenters. The van der Waals surface area contributed by atoms with Gasteiger partial charge in [-0.2, -0.15) is 0 Å². The van der Waals surface area contributed by atoms with Gasteiger partial charge in [0, 0.05) is 24.8 Å². The number of aromatic nitrogens is 3. The van der Waals surface area contributed by atoms with E-state index < -0.39 is 0 Å². The summed E-state index contributed by atoms with van der Waals surface area (Å²) in [5, 5.41) is 0. The van der Waals surface area contributed by atoms with Gasteiger partial charge in [0.25, 0.3) is 0 Å². The Morgan fingerprint density at radius 1 is 1.38 bits per heavy atom. The molecule has 1 aliphatic rings. The fraction of sp³-hybridized carbons (Fsp3) is 0.667. The van der Waals surface area contributed by atoms with Crippen LogP contribution in [0.25, 0.3) is 0 Å². The Hall–Kier alpha value is -1.66. The molecule has 6 heteroatoms. The van der Waals surface area contributed by atoms with Crippen LogP contribution in [0.1, 0.15) is 62.1 Å². The quantitative estimate of drug-likeness (QED) is 0.930. The summed E-state index contributed by atoms with van der Waals surface area (Å²) in [5.41, 5.74) is 2.15. The van der Waals surface area contributed by atoms with E-state index in [2.05, 4.69) is 42.6 Å². The van der Waals surface area contributed by atoms with Crippen molar-refractivity contribution < 1.29 is 9.15 Å². The first-order valence-corrected chi connectivity index (χ1v) is 8.53. The van der Waals surface area contributed by atoms with Crippen LogP contribution in [0.3, 0.4) is 0 Å². The maximum Gasteiger partial charge on any atom is 0.208 e. The van der Waals surface area contributed by atoms with Gasteiger partial charge < -0.3 is 14.1 Å². The number of H-pyrrole nitrogens is 1. The molecular formula is C18H28N4O2. The summed E-state index contributed by atoms with van der Waals surface area (Å²) in [4.78, 5) is 14.9. The van der Waals surface area contributed by atoms with E-state index in [-0.39, 0.29) is 17.6 Å². The second-order valence-electron chi connectivity index (χ2n) is 7.74. The van der Waals surface area contributed by atoms with Crippen molar-refractivity contribution in [1.82, 2.24) is 19.9 Å². The number of hydrogen-bond acceptors (Lipinski definition) is 5. The predicted octanol–water partition coefficient (Wildman–Crippen LogP) is 3.27. The number of nitrogens with one attached hydrogen (secondary N) is 1. The molecule has 3 rings (SSSR count). The van der Waals surface area contributed by atoms with Crippen molar-refractivity contribution in [2.45, 2.75) is 65.1 Å². The molecule has 2 aromatic rings. The number of aromatic amines is 1. The van der Waals surface area contributed by atoms with Gasteiger partial charge in [0.15, 0.2) is 0 Å². The zero-order valence-electron chi connectivity index (χ0n) is 15.5. The van der Waals surface area contributed by atoms with Crippen LogP contribution in [0.5, 0.6) is 0 Å². The average molecular weight is 332 g/mol. The predicted molar refractivity (Wildman–Crippen MR) is 91.8 cm³/mol.